The molecule has 2 aromatic rings. The molecule has 0 atom stereocenters. The highest BCUT2D eigenvalue weighted by molar-refractivity contribution is 7.62. The van der Waals surface area contributed by atoms with Crippen LogP contribution in [0.15, 0.2) is 39.5 Å². The maximum atomic E-state index is 11.5. The SMILES string of the molecule is CCOc1nn(C(=O)N=S(=O)=O)c(=O)n1C.FC(F)(F)Oc1ccccc1. The van der Waals surface area contributed by atoms with Gasteiger partial charge in [0.1, 0.15) is 5.75 Å². The maximum absolute atomic E-state index is 11.5. The molecule has 0 unspecified atom stereocenters. The molecule has 0 aliphatic carbocycles. The highest BCUT2D eigenvalue weighted by atomic mass is 32.2. The Morgan fingerprint density at radius 3 is 2.33 bits per heavy atom. The van der Waals surface area contributed by atoms with Crippen LogP contribution in [-0.4, -0.2) is 41.8 Å². The number of benzene rings is 1. The molecule has 0 saturated carbocycles. The average Bonchev–Trinajstić information content (AvgIpc) is 2.83. The third-order valence-corrected chi connectivity index (χ3v) is 2.83. The summed E-state index contributed by atoms with van der Waals surface area (Å²) in [6, 6.07) is 5.67. The lowest BCUT2D eigenvalue weighted by Gasteiger charge is -2.07. The van der Waals surface area contributed by atoms with Crippen LogP contribution < -0.4 is 15.2 Å². The minimum absolute atomic E-state index is 0.0901. The lowest BCUT2D eigenvalue weighted by atomic mass is 10.3. The molecule has 1 amide bonds. The zero-order chi connectivity index (χ0) is 20.6. The van der Waals surface area contributed by atoms with Gasteiger partial charge in [0.25, 0.3) is 0 Å². The first kappa shape index (κ1) is 21.9. The van der Waals surface area contributed by atoms with Crippen LogP contribution in [0.3, 0.4) is 0 Å². The Hall–Kier alpha value is -3.16. The summed E-state index contributed by atoms with van der Waals surface area (Å²) in [6.45, 7) is 1.92. The molecule has 1 aromatic carbocycles. The van der Waals surface area contributed by atoms with Crippen LogP contribution >= 0.6 is 0 Å². The van der Waals surface area contributed by atoms with E-state index < -0.39 is 28.6 Å². The van der Waals surface area contributed by atoms with E-state index in [2.05, 4.69) is 14.2 Å². The number of hydrogen-bond acceptors (Lipinski definition) is 7. The van der Waals surface area contributed by atoms with Crippen LogP contribution in [0.2, 0.25) is 0 Å². The minimum Gasteiger partial charge on any atom is -0.464 e. The van der Waals surface area contributed by atoms with Crippen molar-refractivity contribution in [1.82, 2.24) is 14.3 Å². The lowest BCUT2D eigenvalue weighted by Crippen LogP contribution is -2.27. The smallest absolute Gasteiger partial charge is 0.464 e. The van der Waals surface area contributed by atoms with Crippen LogP contribution in [0.4, 0.5) is 18.0 Å². The molecule has 0 radical (unpaired) electrons. The van der Waals surface area contributed by atoms with Gasteiger partial charge in [-0.25, -0.2) is 14.2 Å². The monoisotopic (exact) mass is 410 g/mol. The van der Waals surface area contributed by atoms with Gasteiger partial charge in [0.05, 0.1) is 6.61 Å². The molecule has 0 spiro atoms. The predicted molar refractivity (Wildman–Crippen MR) is 83.9 cm³/mol. The summed E-state index contributed by atoms with van der Waals surface area (Å²) in [7, 11) is -1.60. The number of carbonyl (C=O) groups excluding carboxylic acids is 1. The van der Waals surface area contributed by atoms with E-state index >= 15 is 0 Å². The fourth-order valence-corrected chi connectivity index (χ4v) is 1.73. The molecule has 0 aliphatic heterocycles. The lowest BCUT2D eigenvalue weighted by molar-refractivity contribution is -0.274. The second-order valence-electron chi connectivity index (χ2n) is 4.42. The van der Waals surface area contributed by atoms with Crippen molar-refractivity contribution in [2.75, 3.05) is 6.61 Å². The van der Waals surface area contributed by atoms with Gasteiger partial charge in [-0.1, -0.05) is 22.6 Å². The molecule has 14 heteroatoms. The fraction of sp³-hybridized carbons (Fsp3) is 0.308. The predicted octanol–water partition coefficient (Wildman–Crippen LogP) is 1.60. The zero-order valence-corrected chi connectivity index (χ0v) is 14.7. The number of rotatable bonds is 3. The van der Waals surface area contributed by atoms with Crippen molar-refractivity contribution in [1.29, 1.82) is 0 Å². The van der Waals surface area contributed by atoms with E-state index in [1.54, 1.807) is 13.0 Å². The third kappa shape index (κ3) is 7.31. The van der Waals surface area contributed by atoms with Crippen molar-refractivity contribution < 1.29 is 35.9 Å². The highest BCUT2D eigenvalue weighted by Crippen LogP contribution is 2.21. The van der Waals surface area contributed by atoms with E-state index in [-0.39, 0.29) is 18.4 Å². The molecule has 1 heterocycles. The molecular weight excluding hydrogens is 397 g/mol. The van der Waals surface area contributed by atoms with Gasteiger partial charge in [-0.05, 0) is 19.1 Å². The van der Waals surface area contributed by atoms with Crippen molar-refractivity contribution >= 4 is 16.5 Å². The highest BCUT2D eigenvalue weighted by Gasteiger charge is 2.30. The molecule has 0 N–H and O–H groups in total. The maximum Gasteiger partial charge on any atom is 0.573 e. The largest absolute Gasteiger partial charge is 0.573 e. The second-order valence-corrected chi connectivity index (χ2v) is 5.04. The first-order chi connectivity index (χ1) is 12.5. The summed E-state index contributed by atoms with van der Waals surface area (Å²) in [6.07, 6.45) is -4.60. The van der Waals surface area contributed by atoms with Crippen LogP contribution in [0.25, 0.3) is 0 Å². The van der Waals surface area contributed by atoms with Crippen molar-refractivity contribution in [3.63, 3.8) is 0 Å². The third-order valence-electron chi connectivity index (χ3n) is 2.52. The van der Waals surface area contributed by atoms with Crippen LogP contribution in [-0.2, 0) is 17.5 Å². The number of alkyl halides is 3. The van der Waals surface area contributed by atoms with Gasteiger partial charge in [-0.3, -0.25) is 0 Å². The molecule has 0 saturated heterocycles. The molecule has 0 aliphatic rings. The van der Waals surface area contributed by atoms with Crippen molar-refractivity contribution in [2.45, 2.75) is 13.3 Å². The second kappa shape index (κ2) is 9.51. The van der Waals surface area contributed by atoms with Crippen LogP contribution in [0, 0.1) is 0 Å². The first-order valence-electron chi connectivity index (χ1n) is 7.00. The molecule has 10 nitrogen and oxygen atoms in total. The van der Waals surface area contributed by atoms with E-state index in [0.717, 1.165) is 4.57 Å². The molecule has 0 bridgehead atoms. The normalized spacial score (nSPS) is 10.4. The van der Waals surface area contributed by atoms with E-state index in [9.17, 15) is 31.2 Å². The first-order valence-corrected chi connectivity index (χ1v) is 8.03. The van der Waals surface area contributed by atoms with E-state index in [1.807, 2.05) is 0 Å². The summed E-state index contributed by atoms with van der Waals surface area (Å²) in [4.78, 5) is 22.5. The Labute approximate surface area is 151 Å². The number of amides is 1. The Morgan fingerprint density at radius 1 is 1.26 bits per heavy atom. The number of halogens is 3. The Balaban J connectivity index is 0.000000289. The number of nitrogens with zero attached hydrogens (tertiary/aromatic N) is 4. The Kier molecular flexibility index (Phi) is 7.71. The van der Waals surface area contributed by atoms with Crippen molar-refractivity contribution in [3.8, 4) is 11.8 Å². The Bertz CT molecular complexity index is 958. The summed E-state index contributed by atoms with van der Waals surface area (Å²) in [5, 5.41) is 3.48. The Morgan fingerprint density at radius 2 is 1.85 bits per heavy atom. The summed E-state index contributed by atoms with van der Waals surface area (Å²) < 4.78 is 67.3. The van der Waals surface area contributed by atoms with Crippen molar-refractivity contribution in [2.24, 2.45) is 11.4 Å². The van der Waals surface area contributed by atoms with Gasteiger partial charge in [0.15, 0.2) is 0 Å². The molecule has 1 aromatic heterocycles. The number of ether oxygens (including phenoxy) is 2. The molecule has 0 fully saturated rings. The number of para-hydroxylation sites is 1. The summed E-state index contributed by atoms with van der Waals surface area (Å²) in [5.41, 5.74) is -0.831. The molecular formula is C13H13F3N4O6S. The number of aromatic nitrogens is 3. The fourth-order valence-electron chi connectivity index (χ4n) is 1.52. The van der Waals surface area contributed by atoms with Crippen LogP contribution in [0.5, 0.6) is 11.8 Å². The zero-order valence-electron chi connectivity index (χ0n) is 13.9. The molecule has 148 valence electrons. The molecule has 2 rings (SSSR count). The van der Waals surface area contributed by atoms with E-state index in [4.69, 9.17) is 4.74 Å². The van der Waals surface area contributed by atoms with E-state index in [1.165, 1.54) is 31.3 Å². The van der Waals surface area contributed by atoms with Gasteiger partial charge in [-0.15, -0.1) is 23.0 Å². The molecule has 27 heavy (non-hydrogen) atoms. The van der Waals surface area contributed by atoms with Gasteiger partial charge >= 0.3 is 34.6 Å². The number of hydrogen-bond donors (Lipinski definition) is 0. The quantitative estimate of drug-likeness (QED) is 0.753. The van der Waals surface area contributed by atoms with Gasteiger partial charge < -0.3 is 9.47 Å². The van der Waals surface area contributed by atoms with Crippen LogP contribution in [0.1, 0.15) is 6.92 Å². The van der Waals surface area contributed by atoms with Gasteiger partial charge in [-0.2, -0.15) is 8.42 Å². The van der Waals surface area contributed by atoms with E-state index in [0.29, 0.717) is 4.68 Å². The van der Waals surface area contributed by atoms with Crippen molar-refractivity contribution in [3.05, 3.63) is 40.8 Å². The average molecular weight is 410 g/mol. The summed E-state index contributed by atoms with van der Waals surface area (Å²) in [5.74, 6) is -0.194. The van der Waals surface area contributed by atoms with Gasteiger partial charge in [0, 0.05) is 7.05 Å². The summed E-state index contributed by atoms with van der Waals surface area (Å²) >= 11 is 0. The van der Waals surface area contributed by atoms with Gasteiger partial charge in [0.2, 0.25) is 0 Å². The minimum atomic E-state index is -4.60. The number of carbonyl (C=O) groups is 1. The topological polar surface area (TPSA) is 122 Å². The standard InChI is InChI=1S/C7H5F3O.C6H8N4O5S/c8-7(9,10)11-6-4-2-1-3-5-6;1-3-15-5-7-10(6(12)9(5)2)4(11)8-16(13)14/h1-5H;3H2,1-2H3.